The third kappa shape index (κ3) is 4.80. The quantitative estimate of drug-likeness (QED) is 0.553. The lowest BCUT2D eigenvalue weighted by Gasteiger charge is -2.09. The van der Waals surface area contributed by atoms with Crippen molar-refractivity contribution in [3.8, 4) is 0 Å². The fraction of sp³-hybridized carbons (Fsp3) is 0.111. The molecule has 9 nitrogen and oxygen atoms in total. The number of carboxylic acid groups (broad SMARTS) is 1. The van der Waals surface area contributed by atoms with Gasteiger partial charge in [0, 0.05) is 12.1 Å². The molecule has 0 saturated heterocycles. The number of nitrogens with zero attached hydrogens (tertiary/aromatic N) is 2. The van der Waals surface area contributed by atoms with Gasteiger partial charge in [-0.1, -0.05) is 12.1 Å². The second-order valence-electron chi connectivity index (χ2n) is 5.82. The first kappa shape index (κ1) is 19.2. The van der Waals surface area contributed by atoms with Gasteiger partial charge in [0.2, 0.25) is 5.91 Å². The number of hydrogen-bond acceptors (Lipinski definition) is 6. The average molecular weight is 400 g/mol. The Morgan fingerprint density at radius 3 is 2.32 bits per heavy atom. The average Bonchev–Trinajstić information content (AvgIpc) is 2.66. The standard InChI is InChI=1S/C18H16N4O5S/c23-17(9-10-18(24)25)20-12-5-7-13(8-6-12)28(26,27)22-16-11-19-14-3-1-2-4-15(14)21-16/h1-8,11H,9-10H2,(H,20,23)(H,21,22)(H,24,25). The molecule has 0 bridgehead atoms. The van der Waals surface area contributed by atoms with Crippen LogP contribution in [0.3, 0.4) is 0 Å². The highest BCUT2D eigenvalue weighted by atomic mass is 32.2. The van der Waals surface area contributed by atoms with Crippen LogP contribution in [-0.4, -0.2) is 35.4 Å². The number of benzene rings is 2. The van der Waals surface area contributed by atoms with Gasteiger partial charge in [0.1, 0.15) is 0 Å². The summed E-state index contributed by atoms with van der Waals surface area (Å²) >= 11 is 0. The van der Waals surface area contributed by atoms with E-state index in [1.807, 2.05) is 6.07 Å². The Kier molecular flexibility index (Phi) is 5.50. The van der Waals surface area contributed by atoms with Crippen LogP contribution >= 0.6 is 0 Å². The van der Waals surface area contributed by atoms with Crippen molar-refractivity contribution in [2.45, 2.75) is 17.7 Å². The molecule has 2 aromatic carbocycles. The predicted molar refractivity (Wildman–Crippen MR) is 102 cm³/mol. The highest BCUT2D eigenvalue weighted by Crippen LogP contribution is 2.18. The number of aromatic nitrogens is 2. The topological polar surface area (TPSA) is 138 Å². The van der Waals surface area contributed by atoms with Gasteiger partial charge < -0.3 is 10.4 Å². The van der Waals surface area contributed by atoms with Crippen molar-refractivity contribution < 1.29 is 23.1 Å². The van der Waals surface area contributed by atoms with Gasteiger partial charge >= 0.3 is 5.97 Å². The Balaban J connectivity index is 1.70. The minimum absolute atomic E-state index is 0.0222. The summed E-state index contributed by atoms with van der Waals surface area (Å²) in [7, 11) is -3.89. The molecular weight excluding hydrogens is 384 g/mol. The van der Waals surface area contributed by atoms with E-state index in [0.717, 1.165) is 0 Å². The maximum absolute atomic E-state index is 12.5. The number of para-hydroxylation sites is 2. The molecule has 144 valence electrons. The molecule has 0 atom stereocenters. The van der Waals surface area contributed by atoms with Crippen LogP contribution in [-0.2, 0) is 19.6 Å². The van der Waals surface area contributed by atoms with E-state index in [1.54, 1.807) is 18.2 Å². The van der Waals surface area contributed by atoms with Crippen LogP contribution in [0.4, 0.5) is 11.5 Å². The minimum atomic E-state index is -3.89. The van der Waals surface area contributed by atoms with Crippen molar-refractivity contribution in [1.29, 1.82) is 0 Å². The number of carboxylic acids is 1. The van der Waals surface area contributed by atoms with E-state index in [0.29, 0.717) is 16.7 Å². The third-order valence-electron chi connectivity index (χ3n) is 3.70. The van der Waals surface area contributed by atoms with Gasteiger partial charge in [-0.3, -0.25) is 19.3 Å². The zero-order chi connectivity index (χ0) is 20.1. The normalized spacial score (nSPS) is 11.1. The number of sulfonamides is 1. The van der Waals surface area contributed by atoms with Crippen LogP contribution < -0.4 is 10.0 Å². The highest BCUT2D eigenvalue weighted by Gasteiger charge is 2.16. The van der Waals surface area contributed by atoms with Crippen LogP contribution in [0.25, 0.3) is 11.0 Å². The summed E-state index contributed by atoms with van der Waals surface area (Å²) in [5.74, 6) is -1.45. The highest BCUT2D eigenvalue weighted by molar-refractivity contribution is 7.92. The molecular formula is C18H16N4O5S. The Bertz CT molecular complexity index is 1130. The molecule has 3 rings (SSSR count). The third-order valence-corrected chi connectivity index (χ3v) is 5.07. The van der Waals surface area contributed by atoms with Crippen molar-refractivity contribution in [1.82, 2.24) is 9.97 Å². The molecule has 0 spiro atoms. The molecule has 0 saturated carbocycles. The Hall–Kier alpha value is -3.53. The van der Waals surface area contributed by atoms with Crippen molar-refractivity contribution in [2.75, 3.05) is 10.0 Å². The van der Waals surface area contributed by atoms with Gasteiger partial charge in [0.25, 0.3) is 10.0 Å². The lowest BCUT2D eigenvalue weighted by molar-refractivity contribution is -0.138. The van der Waals surface area contributed by atoms with Crippen LogP contribution in [0.15, 0.2) is 59.6 Å². The van der Waals surface area contributed by atoms with E-state index in [4.69, 9.17) is 5.11 Å². The molecule has 0 unspecified atom stereocenters. The second kappa shape index (κ2) is 8.01. The lowest BCUT2D eigenvalue weighted by Crippen LogP contribution is -2.15. The number of aliphatic carboxylic acids is 1. The Labute approximate surface area is 160 Å². The van der Waals surface area contributed by atoms with E-state index in [2.05, 4.69) is 20.0 Å². The summed E-state index contributed by atoms with van der Waals surface area (Å²) in [5.41, 5.74) is 1.57. The van der Waals surface area contributed by atoms with Crippen molar-refractivity contribution in [3.05, 3.63) is 54.7 Å². The molecule has 1 aromatic heterocycles. The molecule has 0 aliphatic rings. The first-order valence-corrected chi connectivity index (χ1v) is 9.68. The molecule has 0 fully saturated rings. The summed E-state index contributed by atoms with van der Waals surface area (Å²) < 4.78 is 27.4. The van der Waals surface area contributed by atoms with Gasteiger partial charge in [-0.2, -0.15) is 0 Å². The van der Waals surface area contributed by atoms with Crippen LogP contribution in [0, 0.1) is 0 Å². The van der Waals surface area contributed by atoms with Crippen molar-refractivity contribution in [2.24, 2.45) is 0 Å². The predicted octanol–water partition coefficient (Wildman–Crippen LogP) is 2.23. The SMILES string of the molecule is O=C(O)CCC(=O)Nc1ccc(S(=O)(=O)Nc2cnc3ccccc3n2)cc1. The summed E-state index contributed by atoms with van der Waals surface area (Å²) in [6, 6.07) is 12.6. The zero-order valence-electron chi connectivity index (χ0n) is 14.5. The summed E-state index contributed by atoms with van der Waals surface area (Å²) in [6.45, 7) is 0. The molecule has 0 aliphatic carbocycles. The number of rotatable bonds is 7. The maximum Gasteiger partial charge on any atom is 0.303 e. The molecule has 3 N–H and O–H groups in total. The van der Waals surface area contributed by atoms with Crippen molar-refractivity contribution >= 4 is 44.4 Å². The monoisotopic (exact) mass is 400 g/mol. The maximum atomic E-state index is 12.5. The lowest BCUT2D eigenvalue weighted by atomic mass is 10.2. The van der Waals surface area contributed by atoms with E-state index in [9.17, 15) is 18.0 Å². The summed E-state index contributed by atoms with van der Waals surface area (Å²) in [4.78, 5) is 30.5. The fourth-order valence-corrected chi connectivity index (χ4v) is 3.35. The molecule has 1 amide bonds. The molecule has 28 heavy (non-hydrogen) atoms. The number of amides is 1. The van der Waals surface area contributed by atoms with Crippen LogP contribution in [0.2, 0.25) is 0 Å². The molecule has 10 heteroatoms. The molecule has 3 aromatic rings. The largest absolute Gasteiger partial charge is 0.481 e. The van der Waals surface area contributed by atoms with E-state index in [-0.39, 0.29) is 23.6 Å². The van der Waals surface area contributed by atoms with E-state index < -0.39 is 21.9 Å². The number of hydrogen-bond donors (Lipinski definition) is 3. The van der Waals surface area contributed by atoms with E-state index >= 15 is 0 Å². The first-order chi connectivity index (χ1) is 13.3. The fourth-order valence-electron chi connectivity index (χ4n) is 2.36. The first-order valence-electron chi connectivity index (χ1n) is 8.20. The van der Waals surface area contributed by atoms with E-state index in [1.165, 1.54) is 30.5 Å². The van der Waals surface area contributed by atoms with Crippen LogP contribution in [0.1, 0.15) is 12.8 Å². The molecule has 0 aliphatic heterocycles. The number of anilines is 2. The number of carbonyl (C=O) groups is 2. The number of fused-ring (bicyclic) bond motifs is 1. The summed E-state index contributed by atoms with van der Waals surface area (Å²) in [5, 5.41) is 11.1. The number of nitrogens with one attached hydrogen (secondary N) is 2. The van der Waals surface area contributed by atoms with Gasteiger partial charge in [0.15, 0.2) is 5.82 Å². The van der Waals surface area contributed by atoms with Gasteiger partial charge in [-0.25, -0.2) is 13.4 Å². The molecule has 1 heterocycles. The van der Waals surface area contributed by atoms with Crippen molar-refractivity contribution in [3.63, 3.8) is 0 Å². The summed E-state index contributed by atoms with van der Waals surface area (Å²) in [6.07, 6.45) is 0.878. The second-order valence-corrected chi connectivity index (χ2v) is 7.50. The smallest absolute Gasteiger partial charge is 0.303 e. The van der Waals surface area contributed by atoms with Gasteiger partial charge in [0.05, 0.1) is 28.5 Å². The zero-order valence-corrected chi connectivity index (χ0v) is 15.3. The van der Waals surface area contributed by atoms with Gasteiger partial charge in [-0.15, -0.1) is 0 Å². The Morgan fingerprint density at radius 2 is 1.64 bits per heavy atom. The van der Waals surface area contributed by atoms with Gasteiger partial charge in [-0.05, 0) is 36.4 Å². The van der Waals surface area contributed by atoms with Crippen LogP contribution in [0.5, 0.6) is 0 Å². The Morgan fingerprint density at radius 1 is 0.964 bits per heavy atom. The minimum Gasteiger partial charge on any atom is -0.481 e. The molecule has 0 radical (unpaired) electrons. The number of carbonyl (C=O) groups excluding carboxylic acids is 1.